The summed E-state index contributed by atoms with van der Waals surface area (Å²) in [4.78, 5) is 23.6. The van der Waals surface area contributed by atoms with E-state index in [0.717, 1.165) is 36.6 Å². The Morgan fingerprint density at radius 2 is 1.96 bits per heavy atom. The number of carbonyl (C=O) groups excluding carboxylic acids is 1. The molecule has 26 heavy (non-hydrogen) atoms. The Balaban J connectivity index is 1.47. The van der Waals surface area contributed by atoms with E-state index in [1.165, 1.54) is 30.8 Å². The number of nitrogens with one attached hydrogen (secondary N) is 1. The van der Waals surface area contributed by atoms with E-state index in [1.54, 1.807) is 11.3 Å². The van der Waals surface area contributed by atoms with Crippen molar-refractivity contribution in [2.24, 2.45) is 5.92 Å². The summed E-state index contributed by atoms with van der Waals surface area (Å²) < 4.78 is 0. The lowest BCUT2D eigenvalue weighted by molar-refractivity contribution is -0.127. The molecule has 2 aliphatic heterocycles. The number of hydrogen-bond acceptors (Lipinski definition) is 5. The monoisotopic (exact) mass is 378 g/mol. The summed E-state index contributed by atoms with van der Waals surface area (Å²) in [6, 6.07) is 1.30. The third kappa shape index (κ3) is 4.84. The third-order valence-electron chi connectivity index (χ3n) is 6.06. The SMILES string of the molecule is Cc1nc(CNC(=O)C2CCCN(C3CCN(C(C)C)CC3)C2)sc1C. The largest absolute Gasteiger partial charge is 0.349 e. The second kappa shape index (κ2) is 8.81. The molecule has 1 atom stereocenters. The second-order valence-electron chi connectivity index (χ2n) is 8.16. The quantitative estimate of drug-likeness (QED) is 0.856. The summed E-state index contributed by atoms with van der Waals surface area (Å²) in [6.07, 6.45) is 4.63. The number of piperidine rings is 2. The first-order valence-corrected chi connectivity index (χ1v) is 10.9. The summed E-state index contributed by atoms with van der Waals surface area (Å²) in [7, 11) is 0. The van der Waals surface area contributed by atoms with Gasteiger partial charge in [0, 0.05) is 23.5 Å². The Bertz CT molecular complexity index is 587. The first-order valence-electron chi connectivity index (χ1n) is 10.1. The van der Waals surface area contributed by atoms with Gasteiger partial charge in [-0.3, -0.25) is 9.69 Å². The van der Waals surface area contributed by atoms with Crippen molar-refractivity contribution in [2.45, 2.75) is 72.0 Å². The van der Waals surface area contributed by atoms with Crippen molar-refractivity contribution < 1.29 is 4.79 Å². The fourth-order valence-corrected chi connectivity index (χ4v) is 5.12. The lowest BCUT2D eigenvalue weighted by Crippen LogP contribution is -2.51. The maximum Gasteiger partial charge on any atom is 0.224 e. The van der Waals surface area contributed by atoms with Gasteiger partial charge in [-0.25, -0.2) is 4.98 Å². The topological polar surface area (TPSA) is 48.5 Å². The molecule has 5 nitrogen and oxygen atoms in total. The Kier molecular flexibility index (Phi) is 6.70. The number of likely N-dealkylation sites (tertiary alicyclic amines) is 2. The molecule has 0 aliphatic carbocycles. The predicted molar refractivity (Wildman–Crippen MR) is 107 cm³/mol. The zero-order valence-electron chi connectivity index (χ0n) is 16.8. The van der Waals surface area contributed by atoms with Crippen LogP contribution in [0, 0.1) is 19.8 Å². The van der Waals surface area contributed by atoms with Gasteiger partial charge in [0.15, 0.2) is 0 Å². The van der Waals surface area contributed by atoms with Crippen LogP contribution in [0.25, 0.3) is 0 Å². The maximum absolute atomic E-state index is 12.7. The van der Waals surface area contributed by atoms with Crippen molar-refractivity contribution in [1.29, 1.82) is 0 Å². The molecular formula is C20H34N4OS. The van der Waals surface area contributed by atoms with Crippen molar-refractivity contribution in [2.75, 3.05) is 26.2 Å². The Hall–Kier alpha value is -0.980. The predicted octanol–water partition coefficient (Wildman–Crippen LogP) is 2.96. The van der Waals surface area contributed by atoms with E-state index in [-0.39, 0.29) is 11.8 Å². The minimum Gasteiger partial charge on any atom is -0.349 e. The van der Waals surface area contributed by atoms with Gasteiger partial charge in [-0.1, -0.05) is 0 Å². The molecule has 3 rings (SSSR count). The Morgan fingerprint density at radius 1 is 1.23 bits per heavy atom. The Labute approximate surface area is 162 Å². The molecule has 2 fully saturated rings. The number of nitrogens with zero attached hydrogens (tertiary/aromatic N) is 3. The van der Waals surface area contributed by atoms with Gasteiger partial charge in [0.25, 0.3) is 0 Å². The first kappa shape index (κ1) is 19.8. The third-order valence-corrected chi connectivity index (χ3v) is 7.13. The van der Waals surface area contributed by atoms with Crippen molar-refractivity contribution in [3.63, 3.8) is 0 Å². The molecule has 3 heterocycles. The van der Waals surface area contributed by atoms with Gasteiger partial charge in [-0.05, 0) is 73.0 Å². The smallest absolute Gasteiger partial charge is 0.224 e. The number of amides is 1. The molecule has 146 valence electrons. The number of carbonyl (C=O) groups is 1. The number of aromatic nitrogens is 1. The molecule has 1 amide bonds. The van der Waals surface area contributed by atoms with Crippen LogP contribution in [-0.4, -0.2) is 59.0 Å². The van der Waals surface area contributed by atoms with Crippen LogP contribution in [0.2, 0.25) is 0 Å². The van der Waals surface area contributed by atoms with Crippen molar-refractivity contribution in [1.82, 2.24) is 20.1 Å². The fraction of sp³-hybridized carbons (Fsp3) is 0.800. The van der Waals surface area contributed by atoms with Crippen molar-refractivity contribution in [3.8, 4) is 0 Å². The average molecular weight is 379 g/mol. The highest BCUT2D eigenvalue weighted by Gasteiger charge is 2.32. The molecular weight excluding hydrogens is 344 g/mol. The van der Waals surface area contributed by atoms with E-state index in [4.69, 9.17) is 0 Å². The van der Waals surface area contributed by atoms with Crippen LogP contribution in [-0.2, 0) is 11.3 Å². The highest BCUT2D eigenvalue weighted by atomic mass is 32.1. The minimum atomic E-state index is 0.133. The van der Waals surface area contributed by atoms with Crippen molar-refractivity contribution >= 4 is 17.2 Å². The zero-order valence-corrected chi connectivity index (χ0v) is 17.6. The van der Waals surface area contributed by atoms with Crippen LogP contribution in [0.15, 0.2) is 0 Å². The van der Waals surface area contributed by atoms with Crippen LogP contribution in [0.4, 0.5) is 0 Å². The molecule has 6 heteroatoms. The maximum atomic E-state index is 12.7. The van der Waals surface area contributed by atoms with Crippen molar-refractivity contribution in [3.05, 3.63) is 15.6 Å². The summed E-state index contributed by atoms with van der Waals surface area (Å²) in [5.74, 6) is 0.342. The molecule has 2 aliphatic rings. The van der Waals surface area contributed by atoms with Gasteiger partial charge >= 0.3 is 0 Å². The lowest BCUT2D eigenvalue weighted by Gasteiger charge is -2.43. The van der Waals surface area contributed by atoms with E-state index in [1.807, 2.05) is 6.92 Å². The minimum absolute atomic E-state index is 0.133. The molecule has 0 aromatic carbocycles. The first-order chi connectivity index (χ1) is 12.4. The average Bonchev–Trinajstić information content (AvgIpc) is 2.97. The normalized spacial score (nSPS) is 23.5. The number of hydrogen-bond donors (Lipinski definition) is 1. The Morgan fingerprint density at radius 3 is 2.58 bits per heavy atom. The van der Waals surface area contributed by atoms with Crippen LogP contribution in [0.1, 0.15) is 55.1 Å². The zero-order chi connectivity index (χ0) is 18.7. The molecule has 1 N–H and O–H groups in total. The fourth-order valence-electron chi connectivity index (χ4n) is 4.24. The number of thiazole rings is 1. The molecule has 1 aromatic heterocycles. The van der Waals surface area contributed by atoms with E-state index in [2.05, 4.69) is 40.9 Å². The molecule has 1 aromatic rings. The van der Waals surface area contributed by atoms with Gasteiger partial charge in [0.2, 0.25) is 5.91 Å². The van der Waals surface area contributed by atoms with E-state index in [0.29, 0.717) is 18.6 Å². The van der Waals surface area contributed by atoms with E-state index in [9.17, 15) is 4.79 Å². The van der Waals surface area contributed by atoms with Gasteiger partial charge < -0.3 is 10.2 Å². The summed E-state index contributed by atoms with van der Waals surface area (Å²) in [5, 5.41) is 4.14. The highest BCUT2D eigenvalue weighted by Crippen LogP contribution is 2.25. The molecule has 0 radical (unpaired) electrons. The van der Waals surface area contributed by atoms with Crippen LogP contribution < -0.4 is 5.32 Å². The molecule has 1 unspecified atom stereocenters. The van der Waals surface area contributed by atoms with Gasteiger partial charge in [-0.2, -0.15) is 0 Å². The van der Waals surface area contributed by atoms with Crippen LogP contribution >= 0.6 is 11.3 Å². The molecule has 0 spiro atoms. The summed E-state index contributed by atoms with van der Waals surface area (Å²) >= 11 is 1.69. The van der Waals surface area contributed by atoms with Crippen LogP contribution in [0.5, 0.6) is 0 Å². The van der Waals surface area contributed by atoms with Crippen LogP contribution in [0.3, 0.4) is 0 Å². The lowest BCUT2D eigenvalue weighted by atomic mass is 9.93. The standard InChI is InChI=1S/C20H34N4OS/c1-14(2)23-10-7-18(8-11-23)24-9-5-6-17(13-24)20(25)21-12-19-22-15(3)16(4)26-19/h14,17-18H,5-13H2,1-4H3,(H,21,25). The summed E-state index contributed by atoms with van der Waals surface area (Å²) in [5.41, 5.74) is 1.08. The van der Waals surface area contributed by atoms with E-state index < -0.39 is 0 Å². The molecule has 0 saturated carbocycles. The van der Waals surface area contributed by atoms with E-state index >= 15 is 0 Å². The van der Waals surface area contributed by atoms with Gasteiger partial charge in [-0.15, -0.1) is 11.3 Å². The second-order valence-corrected chi connectivity index (χ2v) is 9.45. The number of aryl methyl sites for hydroxylation is 2. The molecule has 2 saturated heterocycles. The summed E-state index contributed by atoms with van der Waals surface area (Å²) in [6.45, 7) is 13.7. The highest BCUT2D eigenvalue weighted by molar-refractivity contribution is 7.11. The van der Waals surface area contributed by atoms with Gasteiger partial charge in [0.1, 0.15) is 5.01 Å². The van der Waals surface area contributed by atoms with Gasteiger partial charge in [0.05, 0.1) is 18.2 Å². The number of rotatable bonds is 5. The molecule has 0 bridgehead atoms.